The van der Waals surface area contributed by atoms with Gasteiger partial charge < -0.3 is 25.8 Å². The number of anilines is 1. The highest BCUT2D eigenvalue weighted by atomic mass is 16.6. The quantitative estimate of drug-likeness (QED) is 0.520. The number of alkyl carbamates (subject to hydrolysis) is 1. The molecular weight excluding hydrogens is 374 g/mol. The maximum absolute atomic E-state index is 12.6. The van der Waals surface area contributed by atoms with E-state index in [1.54, 1.807) is 52.8 Å². The van der Waals surface area contributed by atoms with E-state index in [0.717, 1.165) is 11.1 Å². The predicted octanol–water partition coefficient (Wildman–Crippen LogP) is 2.40. The fourth-order valence-electron chi connectivity index (χ4n) is 2.41. The summed E-state index contributed by atoms with van der Waals surface area (Å²) in [4.78, 5) is 37.0. The lowest BCUT2D eigenvalue weighted by Crippen LogP contribution is -2.52. The van der Waals surface area contributed by atoms with Crippen LogP contribution in [0.4, 0.5) is 10.5 Å². The molecule has 8 heteroatoms. The molecule has 0 aliphatic heterocycles. The van der Waals surface area contributed by atoms with Crippen molar-refractivity contribution in [3.63, 3.8) is 0 Å². The van der Waals surface area contributed by atoms with Crippen LogP contribution in [-0.2, 0) is 20.9 Å². The SMILES string of the molecule is C=C(C)[C@H](NC(=O)OC(C)(C)C)C(=O)N[C@@H](C)C(=O)Nc1ccc(CO)cc1C. The van der Waals surface area contributed by atoms with E-state index in [1.807, 2.05) is 0 Å². The molecule has 0 aliphatic carbocycles. The Kier molecular flexibility index (Phi) is 8.39. The van der Waals surface area contributed by atoms with E-state index in [4.69, 9.17) is 9.84 Å². The zero-order valence-electron chi connectivity index (χ0n) is 17.9. The van der Waals surface area contributed by atoms with Gasteiger partial charge in [0.05, 0.1) is 6.61 Å². The number of carbonyl (C=O) groups excluding carboxylic acids is 3. The smallest absolute Gasteiger partial charge is 0.408 e. The van der Waals surface area contributed by atoms with Crippen molar-refractivity contribution in [3.05, 3.63) is 41.5 Å². The maximum Gasteiger partial charge on any atom is 0.408 e. The monoisotopic (exact) mass is 405 g/mol. The van der Waals surface area contributed by atoms with Crippen LogP contribution in [0.15, 0.2) is 30.4 Å². The second-order valence-corrected chi connectivity index (χ2v) is 7.95. The Hall–Kier alpha value is -2.87. The van der Waals surface area contributed by atoms with Crippen molar-refractivity contribution in [1.29, 1.82) is 0 Å². The molecule has 0 saturated carbocycles. The van der Waals surface area contributed by atoms with Crippen LogP contribution in [0.2, 0.25) is 0 Å². The van der Waals surface area contributed by atoms with Gasteiger partial charge in [0.1, 0.15) is 17.7 Å². The first-order chi connectivity index (χ1) is 13.3. The van der Waals surface area contributed by atoms with Gasteiger partial charge >= 0.3 is 6.09 Å². The maximum atomic E-state index is 12.6. The Balaban J connectivity index is 2.75. The largest absolute Gasteiger partial charge is 0.444 e. The first kappa shape index (κ1) is 24.2. The van der Waals surface area contributed by atoms with E-state index >= 15 is 0 Å². The van der Waals surface area contributed by atoms with Crippen LogP contribution in [0, 0.1) is 6.92 Å². The molecule has 1 aromatic carbocycles. The second-order valence-electron chi connectivity index (χ2n) is 7.95. The molecule has 2 atom stereocenters. The highest BCUT2D eigenvalue weighted by Crippen LogP contribution is 2.17. The second kappa shape index (κ2) is 10.1. The molecule has 3 amide bonds. The Bertz CT molecular complexity index is 783. The van der Waals surface area contributed by atoms with Crippen molar-refractivity contribution < 1.29 is 24.2 Å². The number of rotatable bonds is 7. The molecule has 0 bridgehead atoms. The molecule has 160 valence electrons. The highest BCUT2D eigenvalue weighted by Gasteiger charge is 2.27. The predicted molar refractivity (Wildman–Crippen MR) is 111 cm³/mol. The first-order valence-electron chi connectivity index (χ1n) is 9.30. The number of hydrogen-bond acceptors (Lipinski definition) is 5. The van der Waals surface area contributed by atoms with E-state index in [-0.39, 0.29) is 6.61 Å². The number of amides is 3. The summed E-state index contributed by atoms with van der Waals surface area (Å²) >= 11 is 0. The minimum Gasteiger partial charge on any atom is -0.444 e. The molecule has 0 radical (unpaired) electrons. The van der Waals surface area contributed by atoms with E-state index in [0.29, 0.717) is 11.3 Å². The Labute approximate surface area is 171 Å². The normalized spacial score (nSPS) is 13.1. The van der Waals surface area contributed by atoms with Gasteiger partial charge in [0.15, 0.2) is 0 Å². The van der Waals surface area contributed by atoms with Crippen LogP contribution < -0.4 is 16.0 Å². The van der Waals surface area contributed by atoms with Crippen LogP contribution in [0.3, 0.4) is 0 Å². The Morgan fingerprint density at radius 1 is 1.17 bits per heavy atom. The van der Waals surface area contributed by atoms with Gasteiger partial charge in [-0.25, -0.2) is 4.79 Å². The van der Waals surface area contributed by atoms with E-state index < -0.39 is 35.6 Å². The van der Waals surface area contributed by atoms with Crippen LogP contribution in [-0.4, -0.2) is 40.7 Å². The van der Waals surface area contributed by atoms with E-state index in [2.05, 4.69) is 22.5 Å². The molecule has 0 fully saturated rings. The number of aliphatic hydroxyl groups is 1. The van der Waals surface area contributed by atoms with Crippen LogP contribution in [0.5, 0.6) is 0 Å². The van der Waals surface area contributed by atoms with Gasteiger partial charge in [0, 0.05) is 5.69 Å². The summed E-state index contributed by atoms with van der Waals surface area (Å²) in [5.41, 5.74) is 1.79. The topological polar surface area (TPSA) is 117 Å². The molecule has 0 heterocycles. The fraction of sp³-hybridized carbons (Fsp3) is 0.476. The number of hydrogen-bond donors (Lipinski definition) is 4. The Morgan fingerprint density at radius 2 is 1.79 bits per heavy atom. The summed E-state index contributed by atoms with van der Waals surface area (Å²) in [7, 11) is 0. The average molecular weight is 405 g/mol. The van der Waals surface area contributed by atoms with Gasteiger partial charge in [-0.3, -0.25) is 9.59 Å². The van der Waals surface area contributed by atoms with Gasteiger partial charge in [-0.15, -0.1) is 0 Å². The van der Waals surface area contributed by atoms with Crippen molar-refractivity contribution in [2.24, 2.45) is 0 Å². The standard InChI is InChI=1S/C21H31N3O5/c1-12(2)17(24-20(28)29-21(5,6)7)19(27)22-14(4)18(26)23-16-9-8-15(11-25)10-13(16)3/h8-10,14,17,25H,1,11H2,2-7H3,(H,22,27)(H,23,26)(H,24,28)/t14-,17-/m0/s1. The number of aryl methyl sites for hydroxylation is 1. The molecule has 29 heavy (non-hydrogen) atoms. The third-order valence-corrected chi connectivity index (χ3v) is 3.90. The summed E-state index contributed by atoms with van der Waals surface area (Å²) in [5, 5.41) is 16.9. The molecule has 0 aromatic heterocycles. The minimum atomic E-state index is -1.04. The van der Waals surface area contributed by atoms with Crippen molar-refractivity contribution >= 4 is 23.6 Å². The highest BCUT2D eigenvalue weighted by molar-refractivity contribution is 5.99. The number of benzene rings is 1. The van der Waals surface area contributed by atoms with Crippen molar-refractivity contribution in [1.82, 2.24) is 10.6 Å². The summed E-state index contributed by atoms with van der Waals surface area (Å²) in [6, 6.07) is 3.26. The first-order valence-corrected chi connectivity index (χ1v) is 9.30. The van der Waals surface area contributed by atoms with Crippen LogP contribution >= 0.6 is 0 Å². The lowest BCUT2D eigenvalue weighted by Gasteiger charge is -2.24. The molecule has 0 unspecified atom stereocenters. The molecule has 1 aromatic rings. The third-order valence-electron chi connectivity index (χ3n) is 3.90. The minimum absolute atomic E-state index is 0.0888. The van der Waals surface area contributed by atoms with E-state index in [9.17, 15) is 14.4 Å². The lowest BCUT2D eigenvalue weighted by molar-refractivity contribution is -0.126. The number of carbonyl (C=O) groups is 3. The van der Waals surface area contributed by atoms with Crippen LogP contribution in [0.1, 0.15) is 45.7 Å². The van der Waals surface area contributed by atoms with Gasteiger partial charge in [-0.05, 0) is 64.3 Å². The zero-order valence-corrected chi connectivity index (χ0v) is 17.9. The molecule has 0 saturated heterocycles. The molecule has 0 spiro atoms. The summed E-state index contributed by atoms with van der Waals surface area (Å²) in [5.74, 6) is -0.991. The molecule has 4 N–H and O–H groups in total. The fourth-order valence-corrected chi connectivity index (χ4v) is 2.41. The summed E-state index contributed by atoms with van der Waals surface area (Å²) < 4.78 is 5.16. The van der Waals surface area contributed by atoms with Gasteiger partial charge in [0.25, 0.3) is 0 Å². The third kappa shape index (κ3) is 7.95. The molecule has 8 nitrogen and oxygen atoms in total. The molecule has 1 rings (SSSR count). The van der Waals surface area contributed by atoms with Gasteiger partial charge in [-0.1, -0.05) is 18.7 Å². The number of ether oxygens (including phenoxy) is 1. The lowest BCUT2D eigenvalue weighted by atomic mass is 10.1. The number of aliphatic hydroxyl groups excluding tert-OH is 1. The van der Waals surface area contributed by atoms with E-state index in [1.165, 1.54) is 6.92 Å². The molecular formula is C21H31N3O5. The van der Waals surface area contributed by atoms with Gasteiger partial charge in [-0.2, -0.15) is 0 Å². The van der Waals surface area contributed by atoms with Crippen molar-refractivity contribution in [2.45, 2.75) is 65.8 Å². The number of nitrogens with one attached hydrogen (secondary N) is 3. The zero-order chi connectivity index (χ0) is 22.4. The molecule has 0 aliphatic rings. The summed E-state index contributed by atoms with van der Waals surface area (Å²) in [6.07, 6.45) is -0.752. The Morgan fingerprint density at radius 3 is 2.28 bits per heavy atom. The van der Waals surface area contributed by atoms with Gasteiger partial charge in [0.2, 0.25) is 11.8 Å². The van der Waals surface area contributed by atoms with Crippen molar-refractivity contribution in [3.8, 4) is 0 Å². The summed E-state index contributed by atoms with van der Waals surface area (Å²) in [6.45, 7) is 13.7. The average Bonchev–Trinajstić information content (AvgIpc) is 2.59. The van der Waals surface area contributed by atoms with Crippen LogP contribution in [0.25, 0.3) is 0 Å². The van der Waals surface area contributed by atoms with Crippen molar-refractivity contribution in [2.75, 3.05) is 5.32 Å².